The van der Waals surface area contributed by atoms with Crippen molar-refractivity contribution in [1.29, 1.82) is 0 Å². The van der Waals surface area contributed by atoms with E-state index in [0.29, 0.717) is 17.3 Å². The maximum Gasteiger partial charge on any atom is 0.145 e. The Morgan fingerprint density at radius 3 is 2.78 bits per heavy atom. The van der Waals surface area contributed by atoms with Crippen molar-refractivity contribution in [3.63, 3.8) is 0 Å². The maximum absolute atomic E-state index is 11.1. The lowest BCUT2D eigenvalue weighted by Crippen LogP contribution is -2.34. The molecule has 37 heavy (non-hydrogen) atoms. The van der Waals surface area contributed by atoms with Gasteiger partial charge in [0.1, 0.15) is 36.0 Å². The van der Waals surface area contributed by atoms with Crippen LogP contribution < -0.4 is 11.5 Å². The summed E-state index contributed by atoms with van der Waals surface area (Å²) in [5.74, 6) is 0.998. The van der Waals surface area contributed by atoms with Crippen LogP contribution in [0.25, 0.3) is 33.1 Å². The van der Waals surface area contributed by atoms with E-state index in [4.69, 9.17) is 16.0 Å². The first-order valence-electron chi connectivity index (χ1n) is 12.4. The smallest absolute Gasteiger partial charge is 0.145 e. The maximum atomic E-state index is 11.1. The SMILES string of the molecule is Cc1nocc1-c1cc2ccc(CCC34CC3C(n3ccc5c(N)ncnc53)C(O)C4O)cc2nc1N. The number of rotatable bonds is 5. The molecule has 0 bridgehead atoms. The first-order valence-corrected chi connectivity index (χ1v) is 12.4. The molecule has 4 aromatic heterocycles. The first kappa shape index (κ1) is 22.2. The second kappa shape index (κ2) is 7.74. The second-order valence-electron chi connectivity index (χ2n) is 10.5. The van der Waals surface area contributed by atoms with Crippen LogP contribution in [0.15, 0.2) is 53.6 Å². The molecular weight excluding hydrogens is 470 g/mol. The van der Waals surface area contributed by atoms with Crippen LogP contribution in [-0.2, 0) is 6.42 Å². The van der Waals surface area contributed by atoms with E-state index in [1.165, 1.54) is 6.33 Å². The summed E-state index contributed by atoms with van der Waals surface area (Å²) in [5, 5.41) is 27.8. The molecule has 4 heterocycles. The Hall–Kier alpha value is -4.02. The van der Waals surface area contributed by atoms with Crippen molar-refractivity contribution >= 4 is 33.6 Å². The fourth-order valence-electron chi connectivity index (χ4n) is 6.47. The van der Waals surface area contributed by atoms with Crippen molar-refractivity contribution in [2.45, 2.75) is 44.4 Å². The van der Waals surface area contributed by atoms with E-state index in [0.717, 1.165) is 57.9 Å². The number of nitrogen functional groups attached to an aromatic ring is 2. The van der Waals surface area contributed by atoms with Gasteiger partial charge in [-0.1, -0.05) is 17.3 Å². The van der Waals surface area contributed by atoms with Gasteiger partial charge in [-0.05, 0) is 55.9 Å². The zero-order valence-electron chi connectivity index (χ0n) is 20.2. The molecule has 0 amide bonds. The van der Waals surface area contributed by atoms with Crippen LogP contribution in [0, 0.1) is 18.3 Å². The average Bonchev–Trinajstić information content (AvgIpc) is 3.11. The number of aromatic nitrogens is 5. The number of aliphatic hydroxyl groups is 2. The lowest BCUT2D eigenvalue weighted by molar-refractivity contribution is -0.0191. The number of benzene rings is 1. The predicted octanol–water partition coefficient (Wildman–Crippen LogP) is 3.02. The van der Waals surface area contributed by atoms with Crippen molar-refractivity contribution in [3.05, 3.63) is 60.4 Å². The molecule has 2 aliphatic rings. The summed E-state index contributed by atoms with van der Waals surface area (Å²) in [6.45, 7) is 1.87. The lowest BCUT2D eigenvalue weighted by atomic mass is 9.91. The molecular formula is C27H27N7O3. The highest BCUT2D eigenvalue weighted by molar-refractivity contribution is 5.89. The van der Waals surface area contributed by atoms with Crippen LogP contribution in [0.4, 0.5) is 11.6 Å². The third kappa shape index (κ3) is 3.19. The van der Waals surface area contributed by atoms with Gasteiger partial charge in [-0.15, -0.1) is 0 Å². The molecule has 6 N–H and O–H groups in total. The predicted molar refractivity (Wildman–Crippen MR) is 138 cm³/mol. The van der Waals surface area contributed by atoms with Gasteiger partial charge in [0, 0.05) is 28.1 Å². The Kier molecular flexibility index (Phi) is 4.64. The number of fused-ring (bicyclic) bond motifs is 3. The highest BCUT2D eigenvalue weighted by Gasteiger charge is 2.70. The molecule has 5 atom stereocenters. The van der Waals surface area contributed by atoms with Gasteiger partial charge >= 0.3 is 0 Å². The molecule has 0 aliphatic heterocycles. The number of anilines is 2. The molecule has 5 unspecified atom stereocenters. The minimum absolute atomic E-state index is 0.160. The zero-order valence-corrected chi connectivity index (χ0v) is 20.2. The fraction of sp³-hybridized carbons (Fsp3) is 0.333. The van der Waals surface area contributed by atoms with Gasteiger partial charge in [0.2, 0.25) is 0 Å². The van der Waals surface area contributed by atoms with Gasteiger partial charge in [-0.25, -0.2) is 15.0 Å². The Labute approximate surface area is 211 Å². The average molecular weight is 498 g/mol. The van der Waals surface area contributed by atoms with E-state index in [9.17, 15) is 10.2 Å². The van der Waals surface area contributed by atoms with Crippen molar-refractivity contribution in [3.8, 4) is 11.1 Å². The number of hydrogen-bond acceptors (Lipinski definition) is 9. The van der Waals surface area contributed by atoms with Crippen LogP contribution in [0.5, 0.6) is 0 Å². The Bertz CT molecular complexity index is 1680. The monoisotopic (exact) mass is 497 g/mol. The van der Waals surface area contributed by atoms with E-state index < -0.39 is 12.2 Å². The van der Waals surface area contributed by atoms with E-state index in [-0.39, 0.29) is 17.4 Å². The van der Waals surface area contributed by atoms with Gasteiger partial charge in [-0.2, -0.15) is 0 Å². The second-order valence-corrected chi connectivity index (χ2v) is 10.5. The van der Waals surface area contributed by atoms with Gasteiger partial charge < -0.3 is 30.8 Å². The highest BCUT2D eigenvalue weighted by atomic mass is 16.5. The van der Waals surface area contributed by atoms with Gasteiger partial charge in [0.05, 0.1) is 28.7 Å². The minimum Gasteiger partial charge on any atom is -0.390 e. The number of aryl methyl sites for hydroxylation is 2. The normalized spacial score (nSPS) is 26.7. The molecule has 10 heteroatoms. The Morgan fingerprint density at radius 2 is 1.97 bits per heavy atom. The van der Waals surface area contributed by atoms with Crippen molar-refractivity contribution in [2.24, 2.45) is 11.3 Å². The summed E-state index contributed by atoms with van der Waals surface area (Å²) in [5.41, 5.74) is 17.0. The number of hydrogen-bond donors (Lipinski definition) is 4. The Balaban J connectivity index is 1.14. The van der Waals surface area contributed by atoms with Crippen molar-refractivity contribution in [2.75, 3.05) is 11.5 Å². The van der Waals surface area contributed by atoms with Crippen LogP contribution >= 0.6 is 0 Å². The summed E-state index contributed by atoms with van der Waals surface area (Å²) in [7, 11) is 0. The minimum atomic E-state index is -0.872. The molecule has 0 saturated heterocycles. The highest BCUT2D eigenvalue weighted by Crippen LogP contribution is 2.69. The van der Waals surface area contributed by atoms with Crippen LogP contribution in [0.2, 0.25) is 0 Å². The molecule has 1 aromatic carbocycles. The van der Waals surface area contributed by atoms with E-state index >= 15 is 0 Å². The van der Waals surface area contributed by atoms with E-state index in [1.54, 1.807) is 6.26 Å². The summed E-state index contributed by atoms with van der Waals surface area (Å²) in [4.78, 5) is 13.1. The standard InChI is InChI=1S/C27H27N7O3/c1-13-18(11-37-33-13)17-9-15-3-2-14(8-20(15)32-25(17)29)4-6-27-10-19(27)21(22(35)23(27)36)34-7-5-16-24(28)30-12-31-26(16)34/h2-3,5,7-9,11-12,19,21-23,35-36H,4,6,10H2,1H3,(H2,29,32)(H2,28,30,31). The molecule has 5 aromatic rings. The fourth-order valence-corrected chi connectivity index (χ4v) is 6.47. The molecule has 2 saturated carbocycles. The first-order chi connectivity index (χ1) is 17.9. The van der Waals surface area contributed by atoms with E-state index in [1.807, 2.05) is 35.9 Å². The van der Waals surface area contributed by atoms with E-state index in [2.05, 4.69) is 32.2 Å². The summed E-state index contributed by atoms with van der Waals surface area (Å²) in [6.07, 6.45) is 5.62. The molecule has 188 valence electrons. The largest absolute Gasteiger partial charge is 0.390 e. The van der Waals surface area contributed by atoms with Crippen molar-refractivity contribution in [1.82, 2.24) is 24.7 Å². The van der Waals surface area contributed by atoms with Crippen LogP contribution in [0.1, 0.15) is 30.1 Å². The molecule has 10 nitrogen and oxygen atoms in total. The summed E-state index contributed by atoms with van der Waals surface area (Å²) >= 11 is 0. The number of aliphatic hydroxyl groups excluding tert-OH is 2. The van der Waals surface area contributed by atoms with Gasteiger partial charge in [0.25, 0.3) is 0 Å². The molecule has 2 aliphatic carbocycles. The number of pyridine rings is 1. The topological polar surface area (TPSA) is 162 Å². The quantitative estimate of drug-likeness (QED) is 0.286. The third-order valence-corrected chi connectivity index (χ3v) is 8.55. The molecule has 0 radical (unpaired) electrons. The Morgan fingerprint density at radius 1 is 1.11 bits per heavy atom. The number of nitrogens with two attached hydrogens (primary N) is 2. The third-order valence-electron chi connectivity index (χ3n) is 8.55. The van der Waals surface area contributed by atoms with Gasteiger partial charge in [-0.3, -0.25) is 0 Å². The summed E-state index contributed by atoms with van der Waals surface area (Å²) in [6, 6.07) is 9.82. The van der Waals surface area contributed by atoms with Crippen molar-refractivity contribution < 1.29 is 14.7 Å². The molecule has 0 spiro atoms. The summed E-state index contributed by atoms with van der Waals surface area (Å²) < 4.78 is 7.03. The number of nitrogens with zero attached hydrogens (tertiary/aromatic N) is 5. The zero-order chi connectivity index (χ0) is 25.5. The van der Waals surface area contributed by atoms with Crippen LogP contribution in [0.3, 0.4) is 0 Å². The lowest BCUT2D eigenvalue weighted by Gasteiger charge is -2.24. The molecule has 7 rings (SSSR count). The molecule has 2 fully saturated rings. The van der Waals surface area contributed by atoms with Gasteiger partial charge in [0.15, 0.2) is 0 Å². The van der Waals surface area contributed by atoms with Crippen LogP contribution in [-0.4, -0.2) is 47.1 Å².